The third-order valence-corrected chi connectivity index (χ3v) is 1.52. The van der Waals surface area contributed by atoms with E-state index in [-0.39, 0.29) is 6.10 Å². The Morgan fingerprint density at radius 1 is 1.75 bits per heavy atom. The van der Waals surface area contributed by atoms with E-state index in [0.717, 1.165) is 12.2 Å². The van der Waals surface area contributed by atoms with Gasteiger partial charge in [0.15, 0.2) is 0 Å². The van der Waals surface area contributed by atoms with Gasteiger partial charge in [0.2, 0.25) is 0 Å². The summed E-state index contributed by atoms with van der Waals surface area (Å²) in [5, 5.41) is 12.1. The zero-order valence-electron chi connectivity index (χ0n) is 7.49. The summed E-state index contributed by atoms with van der Waals surface area (Å²) in [5.41, 5.74) is 0.998. The molecule has 0 spiro atoms. The summed E-state index contributed by atoms with van der Waals surface area (Å²) < 4.78 is 1.89. The van der Waals surface area contributed by atoms with Crippen LogP contribution in [0, 0.1) is 0 Å². The van der Waals surface area contributed by atoms with Gasteiger partial charge < -0.3 is 15.0 Å². The molecule has 1 atom stereocenters. The second-order valence-corrected chi connectivity index (χ2v) is 2.94. The first-order valence-electron chi connectivity index (χ1n) is 4.05. The molecule has 0 aliphatic carbocycles. The molecular formula is C8H15N3O. The molecule has 0 aliphatic rings. The van der Waals surface area contributed by atoms with E-state index in [1.54, 1.807) is 13.3 Å². The van der Waals surface area contributed by atoms with E-state index in [9.17, 15) is 0 Å². The zero-order chi connectivity index (χ0) is 8.97. The van der Waals surface area contributed by atoms with Crippen LogP contribution >= 0.6 is 0 Å². The van der Waals surface area contributed by atoms with Crippen molar-refractivity contribution < 1.29 is 5.11 Å². The van der Waals surface area contributed by atoms with Gasteiger partial charge in [-0.15, -0.1) is 0 Å². The van der Waals surface area contributed by atoms with Crippen LogP contribution in [-0.4, -0.2) is 27.8 Å². The van der Waals surface area contributed by atoms with E-state index in [0.29, 0.717) is 6.54 Å². The smallest absolute Gasteiger partial charge is 0.0950 e. The molecule has 0 radical (unpaired) electrons. The molecule has 0 saturated carbocycles. The maximum atomic E-state index is 9.08. The second-order valence-electron chi connectivity index (χ2n) is 2.94. The van der Waals surface area contributed by atoms with Crippen molar-refractivity contribution >= 4 is 0 Å². The largest absolute Gasteiger partial charge is 0.392 e. The fourth-order valence-electron chi connectivity index (χ4n) is 1.08. The van der Waals surface area contributed by atoms with E-state index in [4.69, 9.17) is 5.11 Å². The van der Waals surface area contributed by atoms with Crippen LogP contribution in [0.5, 0.6) is 0 Å². The normalized spacial score (nSPS) is 13.2. The molecule has 12 heavy (non-hydrogen) atoms. The summed E-state index contributed by atoms with van der Waals surface area (Å²) in [6, 6.07) is 0. The molecule has 0 amide bonds. The highest BCUT2D eigenvalue weighted by molar-refractivity contribution is 4.95. The van der Waals surface area contributed by atoms with Crippen molar-refractivity contribution in [3.63, 3.8) is 0 Å². The van der Waals surface area contributed by atoms with Crippen molar-refractivity contribution in [2.24, 2.45) is 0 Å². The van der Waals surface area contributed by atoms with Gasteiger partial charge in [0.25, 0.3) is 0 Å². The van der Waals surface area contributed by atoms with Crippen molar-refractivity contribution in [3.05, 3.63) is 18.2 Å². The highest BCUT2D eigenvalue weighted by atomic mass is 16.3. The molecule has 0 aromatic carbocycles. The summed E-state index contributed by atoms with van der Waals surface area (Å²) in [4.78, 5) is 4.15. The zero-order valence-corrected chi connectivity index (χ0v) is 7.49. The third-order valence-electron chi connectivity index (χ3n) is 1.52. The van der Waals surface area contributed by atoms with Gasteiger partial charge >= 0.3 is 0 Å². The van der Waals surface area contributed by atoms with Gasteiger partial charge in [-0.3, -0.25) is 0 Å². The predicted octanol–water partition coefficient (Wildman–Crippen LogP) is -0.0167. The Kier molecular flexibility index (Phi) is 3.25. The van der Waals surface area contributed by atoms with Crippen molar-refractivity contribution in [3.8, 4) is 0 Å². The Hall–Kier alpha value is -0.870. The number of aromatic nitrogens is 2. The summed E-state index contributed by atoms with van der Waals surface area (Å²) in [6.07, 6.45) is 3.35. The molecular weight excluding hydrogens is 154 g/mol. The van der Waals surface area contributed by atoms with Crippen molar-refractivity contribution in [2.45, 2.75) is 26.1 Å². The molecule has 0 saturated heterocycles. The fourth-order valence-corrected chi connectivity index (χ4v) is 1.08. The molecule has 1 heterocycles. The fraction of sp³-hybridized carbons (Fsp3) is 0.625. The molecule has 2 N–H and O–H groups in total. The molecule has 1 aromatic rings. The molecule has 1 rings (SSSR count). The first kappa shape index (κ1) is 9.22. The van der Waals surface area contributed by atoms with E-state index in [1.807, 2.05) is 17.8 Å². The Bertz CT molecular complexity index is 232. The highest BCUT2D eigenvalue weighted by Crippen LogP contribution is 1.97. The lowest BCUT2D eigenvalue weighted by Crippen LogP contribution is -2.10. The topological polar surface area (TPSA) is 50.1 Å². The van der Waals surface area contributed by atoms with Crippen LogP contribution < -0.4 is 5.32 Å². The van der Waals surface area contributed by atoms with E-state index in [1.165, 1.54) is 0 Å². The van der Waals surface area contributed by atoms with Gasteiger partial charge in [0.1, 0.15) is 0 Å². The molecule has 4 heteroatoms. The number of nitrogens with one attached hydrogen (secondary N) is 1. The number of hydrogen-bond acceptors (Lipinski definition) is 3. The minimum absolute atomic E-state index is 0.318. The number of hydrogen-bond donors (Lipinski definition) is 2. The van der Waals surface area contributed by atoms with Gasteiger partial charge in [0.05, 0.1) is 18.1 Å². The van der Waals surface area contributed by atoms with Gasteiger partial charge in [-0.25, -0.2) is 4.98 Å². The Balaban J connectivity index is 2.52. The van der Waals surface area contributed by atoms with Crippen LogP contribution in [0.3, 0.4) is 0 Å². The molecule has 0 bridgehead atoms. The van der Waals surface area contributed by atoms with Crippen LogP contribution in [0.25, 0.3) is 0 Å². The quantitative estimate of drug-likeness (QED) is 0.666. The maximum absolute atomic E-state index is 9.08. The SMILES string of the molecule is CNCc1cn(CC(C)O)cn1. The highest BCUT2D eigenvalue weighted by Gasteiger charge is 1.99. The van der Waals surface area contributed by atoms with E-state index < -0.39 is 0 Å². The average molecular weight is 169 g/mol. The summed E-state index contributed by atoms with van der Waals surface area (Å²) in [7, 11) is 1.88. The minimum atomic E-state index is -0.318. The van der Waals surface area contributed by atoms with Gasteiger partial charge in [-0.1, -0.05) is 0 Å². The lowest BCUT2D eigenvalue weighted by Gasteiger charge is -2.03. The van der Waals surface area contributed by atoms with Gasteiger partial charge in [-0.05, 0) is 14.0 Å². The standard InChI is InChI=1S/C8H15N3O/c1-7(12)4-11-5-8(3-9-2)10-6-11/h5-7,9,12H,3-4H2,1-2H3. The van der Waals surface area contributed by atoms with Crippen LogP contribution in [-0.2, 0) is 13.1 Å². The molecule has 0 aliphatic heterocycles. The summed E-state index contributed by atoms with van der Waals surface area (Å²) in [6.45, 7) is 3.14. The van der Waals surface area contributed by atoms with E-state index in [2.05, 4.69) is 10.3 Å². The first-order valence-corrected chi connectivity index (χ1v) is 4.05. The Morgan fingerprint density at radius 2 is 2.50 bits per heavy atom. The third kappa shape index (κ3) is 2.64. The predicted molar refractivity (Wildman–Crippen MR) is 46.7 cm³/mol. The number of aliphatic hydroxyl groups is 1. The number of aliphatic hydroxyl groups excluding tert-OH is 1. The van der Waals surface area contributed by atoms with Crippen LogP contribution in [0.4, 0.5) is 0 Å². The number of imidazole rings is 1. The molecule has 68 valence electrons. The van der Waals surface area contributed by atoms with Gasteiger partial charge in [-0.2, -0.15) is 0 Å². The second kappa shape index (κ2) is 4.23. The van der Waals surface area contributed by atoms with E-state index >= 15 is 0 Å². The van der Waals surface area contributed by atoms with Crippen LogP contribution in [0.15, 0.2) is 12.5 Å². The van der Waals surface area contributed by atoms with Crippen molar-refractivity contribution in [1.29, 1.82) is 0 Å². The molecule has 4 nitrogen and oxygen atoms in total. The molecule has 1 aromatic heterocycles. The molecule has 0 fully saturated rings. The van der Waals surface area contributed by atoms with Crippen LogP contribution in [0.2, 0.25) is 0 Å². The minimum Gasteiger partial charge on any atom is -0.392 e. The monoisotopic (exact) mass is 169 g/mol. The first-order chi connectivity index (χ1) is 5.72. The van der Waals surface area contributed by atoms with Crippen LogP contribution in [0.1, 0.15) is 12.6 Å². The lowest BCUT2D eigenvalue weighted by atomic mass is 10.4. The Morgan fingerprint density at radius 3 is 3.08 bits per heavy atom. The average Bonchev–Trinajstić information content (AvgIpc) is 2.36. The molecule has 1 unspecified atom stereocenters. The summed E-state index contributed by atoms with van der Waals surface area (Å²) >= 11 is 0. The number of nitrogens with zero attached hydrogens (tertiary/aromatic N) is 2. The lowest BCUT2D eigenvalue weighted by molar-refractivity contribution is 0.173. The van der Waals surface area contributed by atoms with Crippen molar-refractivity contribution in [2.75, 3.05) is 7.05 Å². The van der Waals surface area contributed by atoms with Gasteiger partial charge in [0, 0.05) is 19.3 Å². The van der Waals surface area contributed by atoms with Crippen molar-refractivity contribution in [1.82, 2.24) is 14.9 Å². The number of rotatable bonds is 4. The maximum Gasteiger partial charge on any atom is 0.0950 e. The Labute approximate surface area is 72.2 Å². The summed E-state index contributed by atoms with van der Waals surface area (Å²) in [5.74, 6) is 0.